The molecule has 6 nitrogen and oxygen atoms in total. The number of rotatable bonds is 6. The monoisotopic (exact) mass is 477 g/mol. The summed E-state index contributed by atoms with van der Waals surface area (Å²) in [4.78, 5) is 12.9. The highest BCUT2D eigenvalue weighted by Crippen LogP contribution is 2.25. The molecule has 0 aliphatic heterocycles. The van der Waals surface area contributed by atoms with Crippen LogP contribution < -0.4 is 5.32 Å². The molecule has 154 valence electrons. The summed E-state index contributed by atoms with van der Waals surface area (Å²) in [6.07, 6.45) is 0.615. The molecule has 29 heavy (non-hydrogen) atoms. The van der Waals surface area contributed by atoms with Gasteiger partial charge in [0.25, 0.3) is 0 Å². The maximum absolute atomic E-state index is 12.9. The van der Waals surface area contributed by atoms with Crippen LogP contribution in [0.4, 0.5) is 5.69 Å². The summed E-state index contributed by atoms with van der Waals surface area (Å²) < 4.78 is 4.69. The molecule has 0 fully saturated rings. The molecule has 1 unspecified atom stereocenters. The van der Waals surface area contributed by atoms with Crippen LogP contribution in [-0.2, 0) is 11.3 Å². The lowest BCUT2D eigenvalue weighted by Crippen LogP contribution is -2.27. The Morgan fingerprint density at radius 3 is 2.45 bits per heavy atom. The van der Waals surface area contributed by atoms with Crippen LogP contribution in [0.3, 0.4) is 0 Å². The summed E-state index contributed by atoms with van der Waals surface area (Å²) in [5.74, 6) is -0.110. The van der Waals surface area contributed by atoms with Gasteiger partial charge in [-0.25, -0.2) is 0 Å². The van der Waals surface area contributed by atoms with Gasteiger partial charge in [-0.05, 0) is 67.7 Å². The first-order valence-electron chi connectivity index (χ1n) is 9.53. The van der Waals surface area contributed by atoms with Crippen LogP contribution in [0, 0.1) is 27.7 Å². The third kappa shape index (κ3) is 4.41. The van der Waals surface area contributed by atoms with Crippen molar-refractivity contribution >= 4 is 39.1 Å². The third-order valence-electron chi connectivity index (χ3n) is 5.04. The maximum atomic E-state index is 12.9. The molecule has 1 aromatic carbocycles. The smallest absolute Gasteiger partial charge is 0.249 e. The highest BCUT2D eigenvalue weighted by molar-refractivity contribution is 9.10. The van der Waals surface area contributed by atoms with Crippen LogP contribution in [-0.4, -0.2) is 25.5 Å². The summed E-state index contributed by atoms with van der Waals surface area (Å²) in [6, 6.07) is 7.41. The summed E-state index contributed by atoms with van der Waals surface area (Å²) in [5, 5.41) is 12.6. The van der Waals surface area contributed by atoms with Crippen molar-refractivity contribution in [2.45, 2.75) is 53.6 Å². The van der Waals surface area contributed by atoms with Crippen LogP contribution in [0.2, 0.25) is 5.02 Å². The van der Waals surface area contributed by atoms with Gasteiger partial charge in [-0.3, -0.25) is 14.2 Å². The molecular weight excluding hydrogens is 454 g/mol. The Hall–Kier alpha value is -2.12. The number of hydrogen-bond acceptors (Lipinski definition) is 3. The fourth-order valence-corrected chi connectivity index (χ4v) is 3.80. The predicted molar refractivity (Wildman–Crippen MR) is 120 cm³/mol. The van der Waals surface area contributed by atoms with Crippen molar-refractivity contribution in [3.8, 4) is 0 Å². The van der Waals surface area contributed by atoms with Crippen LogP contribution in [0.1, 0.15) is 47.7 Å². The second-order valence-electron chi connectivity index (χ2n) is 7.19. The van der Waals surface area contributed by atoms with Crippen LogP contribution in [0.5, 0.6) is 0 Å². The van der Waals surface area contributed by atoms with Gasteiger partial charge in [0.15, 0.2) is 0 Å². The number of carbonyl (C=O) groups excluding carboxylic acids is 1. The van der Waals surface area contributed by atoms with Gasteiger partial charge in [-0.2, -0.15) is 10.2 Å². The van der Waals surface area contributed by atoms with Gasteiger partial charge in [0.2, 0.25) is 5.91 Å². The second-order valence-corrected chi connectivity index (χ2v) is 8.36. The molecule has 3 aromatic rings. The first-order chi connectivity index (χ1) is 13.7. The number of aromatic nitrogens is 4. The first kappa shape index (κ1) is 21.6. The number of nitrogens with zero attached hydrogens (tertiary/aromatic N) is 4. The van der Waals surface area contributed by atoms with Gasteiger partial charge in [0.05, 0.1) is 38.8 Å². The molecular formula is C21H25BrClN5O. The summed E-state index contributed by atoms with van der Waals surface area (Å²) in [5.41, 5.74) is 5.37. The van der Waals surface area contributed by atoms with Gasteiger partial charge in [0.1, 0.15) is 6.04 Å². The zero-order chi connectivity index (χ0) is 21.3. The Kier molecular flexibility index (Phi) is 6.49. The quantitative estimate of drug-likeness (QED) is 0.518. The SMILES string of the molecule is CCC(C(=O)Nc1cccc(Cn2nc(C)c(Br)c2C)c1)n1nc(C)c(Cl)c1C. The standard InChI is InChI=1S/C21H25BrClN5O/c1-6-18(28-15(5)20(23)13(3)26-28)21(29)24-17-9-7-8-16(10-17)11-27-14(4)19(22)12(2)25-27/h7-10,18H,6,11H2,1-5H3,(H,24,29). The van der Waals surface area contributed by atoms with E-state index in [4.69, 9.17) is 11.6 Å². The Balaban J connectivity index is 1.79. The molecule has 0 spiro atoms. The van der Waals surface area contributed by atoms with Crippen LogP contribution in [0.25, 0.3) is 0 Å². The van der Waals surface area contributed by atoms with E-state index in [0.29, 0.717) is 18.0 Å². The number of halogens is 2. The van der Waals surface area contributed by atoms with Crippen LogP contribution >= 0.6 is 27.5 Å². The molecule has 0 aliphatic rings. The fourth-order valence-electron chi connectivity index (χ4n) is 3.39. The van der Waals surface area contributed by atoms with Crippen molar-refractivity contribution in [1.82, 2.24) is 19.6 Å². The molecule has 8 heteroatoms. The topological polar surface area (TPSA) is 64.7 Å². The molecule has 0 saturated heterocycles. The van der Waals surface area contributed by atoms with Gasteiger partial charge in [0, 0.05) is 5.69 Å². The highest BCUT2D eigenvalue weighted by atomic mass is 79.9. The number of hydrogen-bond donors (Lipinski definition) is 1. The normalized spacial score (nSPS) is 12.2. The number of benzene rings is 1. The average Bonchev–Trinajstić information content (AvgIpc) is 3.07. The number of nitrogens with one attached hydrogen (secondary N) is 1. The lowest BCUT2D eigenvalue weighted by molar-refractivity contribution is -0.119. The largest absolute Gasteiger partial charge is 0.324 e. The zero-order valence-electron chi connectivity index (χ0n) is 17.3. The molecule has 0 saturated carbocycles. The van der Waals surface area contributed by atoms with E-state index in [1.807, 2.05) is 63.6 Å². The lowest BCUT2D eigenvalue weighted by Gasteiger charge is -2.17. The van der Waals surface area contributed by atoms with Crippen LogP contribution in [0.15, 0.2) is 28.7 Å². The number of amides is 1. The minimum absolute atomic E-state index is 0.110. The Bertz CT molecular complexity index is 1060. The third-order valence-corrected chi connectivity index (χ3v) is 6.74. The van der Waals surface area contributed by atoms with Crippen molar-refractivity contribution in [3.63, 3.8) is 0 Å². The van der Waals surface area contributed by atoms with E-state index < -0.39 is 6.04 Å². The van der Waals surface area contributed by atoms with Crippen molar-refractivity contribution in [1.29, 1.82) is 0 Å². The van der Waals surface area contributed by atoms with E-state index in [9.17, 15) is 4.79 Å². The van der Waals surface area contributed by atoms with Crippen molar-refractivity contribution in [3.05, 3.63) is 62.1 Å². The van der Waals surface area contributed by atoms with Gasteiger partial charge in [-0.15, -0.1) is 0 Å². The first-order valence-corrected chi connectivity index (χ1v) is 10.7. The van der Waals surface area contributed by atoms with E-state index in [1.165, 1.54) is 0 Å². The minimum Gasteiger partial charge on any atom is -0.324 e. The fraction of sp³-hybridized carbons (Fsp3) is 0.381. The second kappa shape index (κ2) is 8.71. The molecule has 1 atom stereocenters. The average molecular weight is 479 g/mol. The molecule has 0 aliphatic carbocycles. The van der Waals surface area contributed by atoms with E-state index >= 15 is 0 Å². The van der Waals surface area contributed by atoms with E-state index in [1.54, 1.807) is 4.68 Å². The van der Waals surface area contributed by atoms with Gasteiger partial charge >= 0.3 is 0 Å². The van der Waals surface area contributed by atoms with E-state index in [-0.39, 0.29) is 5.91 Å². The lowest BCUT2D eigenvalue weighted by atomic mass is 10.1. The Morgan fingerprint density at radius 2 is 1.90 bits per heavy atom. The molecule has 1 amide bonds. The number of anilines is 1. The van der Waals surface area contributed by atoms with E-state index in [0.717, 1.165) is 38.5 Å². The van der Waals surface area contributed by atoms with Gasteiger partial charge < -0.3 is 5.32 Å². The number of aryl methyl sites for hydroxylation is 2. The molecule has 1 N–H and O–H groups in total. The minimum atomic E-state index is -0.420. The maximum Gasteiger partial charge on any atom is 0.249 e. The predicted octanol–water partition coefficient (Wildman–Crippen LogP) is 5.37. The van der Waals surface area contributed by atoms with E-state index in [2.05, 4.69) is 31.4 Å². The summed E-state index contributed by atoms with van der Waals surface area (Å²) >= 11 is 9.82. The van der Waals surface area contributed by atoms with Crippen molar-refractivity contribution in [2.24, 2.45) is 0 Å². The molecule has 2 aromatic heterocycles. The zero-order valence-corrected chi connectivity index (χ0v) is 19.6. The van der Waals surface area contributed by atoms with Gasteiger partial charge in [-0.1, -0.05) is 30.7 Å². The Labute approximate surface area is 184 Å². The molecule has 0 bridgehead atoms. The summed E-state index contributed by atoms with van der Waals surface area (Å²) in [6.45, 7) is 10.3. The number of carbonyl (C=O) groups is 1. The molecule has 0 radical (unpaired) electrons. The van der Waals surface area contributed by atoms with Crippen molar-refractivity contribution < 1.29 is 4.79 Å². The molecule has 2 heterocycles. The molecule has 3 rings (SSSR count). The summed E-state index contributed by atoms with van der Waals surface area (Å²) in [7, 11) is 0. The Morgan fingerprint density at radius 1 is 1.17 bits per heavy atom. The highest BCUT2D eigenvalue weighted by Gasteiger charge is 2.23. The van der Waals surface area contributed by atoms with Crippen molar-refractivity contribution in [2.75, 3.05) is 5.32 Å².